The zero-order chi connectivity index (χ0) is 22.2. The molecule has 2 heterocycles. The number of H-pyrrole nitrogens is 1. The molecule has 2 aromatic heterocycles. The fourth-order valence-corrected chi connectivity index (χ4v) is 3.66. The first kappa shape index (κ1) is 19.6. The molecule has 0 radical (unpaired) electrons. The molecule has 0 bridgehead atoms. The van der Waals surface area contributed by atoms with E-state index >= 15 is 0 Å². The highest BCUT2D eigenvalue weighted by molar-refractivity contribution is 6.05. The first-order valence-electron chi connectivity index (χ1n) is 9.81. The van der Waals surface area contributed by atoms with E-state index in [1.165, 1.54) is 21.3 Å². The smallest absolute Gasteiger partial charge is 0.343 e. The van der Waals surface area contributed by atoms with Crippen molar-refractivity contribution in [2.24, 2.45) is 0 Å². The SMILES string of the molecule is COc1cc(C(=O)Oc2ccc3nc4[nH]c5ccccc5c4nc3c2)cc(OC)c1OC. The van der Waals surface area contributed by atoms with E-state index in [1.54, 1.807) is 30.3 Å². The van der Waals surface area contributed by atoms with Gasteiger partial charge in [0.05, 0.1) is 37.9 Å². The molecule has 0 spiro atoms. The first-order valence-corrected chi connectivity index (χ1v) is 9.81. The second-order valence-corrected chi connectivity index (χ2v) is 7.05. The van der Waals surface area contributed by atoms with Gasteiger partial charge in [0.2, 0.25) is 5.75 Å². The highest BCUT2D eigenvalue weighted by Gasteiger charge is 2.19. The van der Waals surface area contributed by atoms with Gasteiger partial charge in [-0.1, -0.05) is 18.2 Å². The van der Waals surface area contributed by atoms with E-state index in [-0.39, 0.29) is 5.56 Å². The Morgan fingerprint density at radius 3 is 2.31 bits per heavy atom. The molecule has 160 valence electrons. The van der Waals surface area contributed by atoms with E-state index in [1.807, 2.05) is 24.3 Å². The summed E-state index contributed by atoms with van der Waals surface area (Å²) in [6, 6.07) is 16.1. The third-order valence-corrected chi connectivity index (χ3v) is 5.18. The highest BCUT2D eigenvalue weighted by atomic mass is 16.5. The Bertz CT molecular complexity index is 1470. The third kappa shape index (κ3) is 3.22. The Morgan fingerprint density at radius 2 is 1.59 bits per heavy atom. The van der Waals surface area contributed by atoms with Gasteiger partial charge in [-0.15, -0.1) is 0 Å². The third-order valence-electron chi connectivity index (χ3n) is 5.18. The molecule has 3 aromatic carbocycles. The molecule has 0 atom stereocenters. The van der Waals surface area contributed by atoms with Crippen LogP contribution >= 0.6 is 0 Å². The van der Waals surface area contributed by atoms with Gasteiger partial charge in [0.1, 0.15) is 11.3 Å². The van der Waals surface area contributed by atoms with E-state index in [9.17, 15) is 4.79 Å². The number of fused-ring (bicyclic) bond motifs is 4. The van der Waals surface area contributed by atoms with E-state index in [2.05, 4.69) is 9.97 Å². The van der Waals surface area contributed by atoms with Gasteiger partial charge >= 0.3 is 5.97 Å². The number of methoxy groups -OCH3 is 3. The van der Waals surface area contributed by atoms with Crippen LogP contribution in [0.4, 0.5) is 0 Å². The zero-order valence-electron chi connectivity index (χ0n) is 17.6. The van der Waals surface area contributed by atoms with Gasteiger partial charge < -0.3 is 23.9 Å². The van der Waals surface area contributed by atoms with Gasteiger partial charge in [-0.25, -0.2) is 14.8 Å². The Morgan fingerprint density at radius 1 is 0.844 bits per heavy atom. The summed E-state index contributed by atoms with van der Waals surface area (Å²) in [4.78, 5) is 25.5. The van der Waals surface area contributed by atoms with Crippen molar-refractivity contribution < 1.29 is 23.7 Å². The lowest BCUT2D eigenvalue weighted by molar-refractivity contribution is 0.0734. The minimum Gasteiger partial charge on any atom is -0.493 e. The van der Waals surface area contributed by atoms with Gasteiger partial charge in [-0.2, -0.15) is 0 Å². The molecule has 0 fully saturated rings. The van der Waals surface area contributed by atoms with Crippen LogP contribution in [0.1, 0.15) is 10.4 Å². The molecule has 8 nitrogen and oxygen atoms in total. The van der Waals surface area contributed by atoms with E-state index in [4.69, 9.17) is 23.9 Å². The quantitative estimate of drug-likeness (QED) is 0.324. The summed E-state index contributed by atoms with van der Waals surface area (Å²) in [5, 5.41) is 0.983. The molecule has 32 heavy (non-hydrogen) atoms. The average molecular weight is 429 g/mol. The molecule has 0 aliphatic heterocycles. The van der Waals surface area contributed by atoms with Crippen LogP contribution in [0.25, 0.3) is 33.1 Å². The number of benzene rings is 3. The number of hydrogen-bond donors (Lipinski definition) is 1. The summed E-state index contributed by atoms with van der Waals surface area (Å²) in [7, 11) is 4.47. The average Bonchev–Trinajstić information content (AvgIpc) is 3.18. The number of esters is 1. The topological polar surface area (TPSA) is 95.6 Å². The molecule has 0 amide bonds. The maximum Gasteiger partial charge on any atom is 0.343 e. The van der Waals surface area contributed by atoms with Crippen LogP contribution in [-0.2, 0) is 0 Å². The predicted molar refractivity (Wildman–Crippen MR) is 120 cm³/mol. The lowest BCUT2D eigenvalue weighted by Gasteiger charge is -2.13. The summed E-state index contributed by atoms with van der Waals surface area (Å²) in [5.41, 5.74) is 4.01. The van der Waals surface area contributed by atoms with Crippen LogP contribution in [0.5, 0.6) is 23.0 Å². The minimum atomic E-state index is -0.565. The number of nitrogens with one attached hydrogen (secondary N) is 1. The van der Waals surface area contributed by atoms with Crippen LogP contribution in [0.15, 0.2) is 54.6 Å². The van der Waals surface area contributed by atoms with Gasteiger partial charge in [0.15, 0.2) is 17.1 Å². The maximum absolute atomic E-state index is 12.8. The fraction of sp³-hybridized carbons (Fsp3) is 0.125. The molecule has 5 aromatic rings. The molecular weight excluding hydrogens is 410 g/mol. The van der Waals surface area contributed by atoms with Crippen LogP contribution in [0.3, 0.4) is 0 Å². The Balaban J connectivity index is 1.51. The summed E-state index contributed by atoms with van der Waals surface area (Å²) in [6.07, 6.45) is 0. The van der Waals surface area contributed by atoms with Crippen molar-refractivity contribution in [3.63, 3.8) is 0 Å². The standard InChI is InChI=1S/C24H19N3O5/c1-29-19-10-13(11-20(30-2)22(19)31-3)24(28)32-14-8-9-17-18(12-14)25-21-15-6-4-5-7-16(15)26-23(21)27-17/h4-12H,1-3H3,(H,26,27). The molecular formula is C24H19N3O5. The minimum absolute atomic E-state index is 0.262. The van der Waals surface area contributed by atoms with Crippen LogP contribution in [0, 0.1) is 0 Å². The Hall–Kier alpha value is -4.33. The lowest BCUT2D eigenvalue weighted by atomic mass is 10.2. The normalized spacial score (nSPS) is 11.1. The maximum atomic E-state index is 12.8. The number of aromatic nitrogens is 3. The van der Waals surface area contributed by atoms with Crippen molar-refractivity contribution in [1.82, 2.24) is 15.0 Å². The number of para-hydroxylation sites is 1. The van der Waals surface area contributed by atoms with Crippen molar-refractivity contribution in [2.45, 2.75) is 0 Å². The number of rotatable bonds is 5. The summed E-state index contributed by atoms with van der Waals surface area (Å²) in [5.74, 6) is 0.916. The number of carbonyl (C=O) groups is 1. The van der Waals surface area contributed by atoms with Crippen LogP contribution in [-0.4, -0.2) is 42.3 Å². The monoisotopic (exact) mass is 429 g/mol. The molecule has 1 N–H and O–H groups in total. The van der Waals surface area contributed by atoms with Crippen molar-refractivity contribution in [3.05, 3.63) is 60.2 Å². The number of hydrogen-bond acceptors (Lipinski definition) is 7. The van der Waals surface area contributed by atoms with Crippen molar-refractivity contribution in [3.8, 4) is 23.0 Å². The van der Waals surface area contributed by atoms with E-state index in [0.29, 0.717) is 39.7 Å². The van der Waals surface area contributed by atoms with Crippen LogP contribution < -0.4 is 18.9 Å². The number of nitrogens with zero attached hydrogens (tertiary/aromatic N) is 2. The number of aromatic amines is 1. The lowest BCUT2D eigenvalue weighted by Crippen LogP contribution is -2.09. The van der Waals surface area contributed by atoms with Gasteiger partial charge in [0, 0.05) is 17.0 Å². The highest BCUT2D eigenvalue weighted by Crippen LogP contribution is 2.38. The number of carbonyl (C=O) groups excluding carboxylic acids is 1. The molecule has 5 rings (SSSR count). The molecule has 0 unspecified atom stereocenters. The van der Waals surface area contributed by atoms with Gasteiger partial charge in [-0.05, 0) is 30.3 Å². The van der Waals surface area contributed by atoms with Gasteiger partial charge in [0.25, 0.3) is 0 Å². The molecule has 0 aliphatic carbocycles. The molecule has 8 heteroatoms. The summed E-state index contributed by atoms with van der Waals surface area (Å²) in [6.45, 7) is 0. The fourth-order valence-electron chi connectivity index (χ4n) is 3.66. The predicted octanol–water partition coefficient (Wildman–Crippen LogP) is 4.51. The summed E-state index contributed by atoms with van der Waals surface area (Å²) < 4.78 is 21.5. The van der Waals surface area contributed by atoms with Crippen molar-refractivity contribution in [1.29, 1.82) is 0 Å². The van der Waals surface area contributed by atoms with Gasteiger partial charge in [-0.3, -0.25) is 0 Å². The molecule has 0 saturated heterocycles. The van der Waals surface area contributed by atoms with Crippen molar-refractivity contribution >= 4 is 39.1 Å². The molecule has 0 aliphatic rings. The number of ether oxygens (including phenoxy) is 4. The second kappa shape index (κ2) is 7.73. The van der Waals surface area contributed by atoms with Crippen LogP contribution in [0.2, 0.25) is 0 Å². The second-order valence-electron chi connectivity index (χ2n) is 7.05. The summed E-state index contributed by atoms with van der Waals surface area (Å²) >= 11 is 0. The largest absolute Gasteiger partial charge is 0.493 e. The molecule has 0 saturated carbocycles. The van der Waals surface area contributed by atoms with E-state index < -0.39 is 5.97 Å². The first-order chi connectivity index (χ1) is 15.6. The zero-order valence-corrected chi connectivity index (χ0v) is 17.6. The Kier molecular flexibility index (Phi) is 4.74. The van der Waals surface area contributed by atoms with E-state index in [0.717, 1.165) is 16.4 Å². The van der Waals surface area contributed by atoms with Crippen molar-refractivity contribution in [2.75, 3.05) is 21.3 Å². The Labute approximate surface area is 182 Å².